The quantitative estimate of drug-likeness (QED) is 0.756. The van der Waals surface area contributed by atoms with Crippen LogP contribution in [0.4, 0.5) is 4.39 Å². The second-order valence-electron chi connectivity index (χ2n) is 6.17. The van der Waals surface area contributed by atoms with Crippen LogP contribution in [-0.4, -0.2) is 10.9 Å². The number of halogens is 2. The van der Waals surface area contributed by atoms with E-state index < -0.39 is 11.7 Å². The molecule has 4 heteroatoms. The summed E-state index contributed by atoms with van der Waals surface area (Å²) in [5.41, 5.74) is 2.41. The Morgan fingerprint density at radius 2 is 1.96 bits per heavy atom. The first kappa shape index (κ1) is 17.3. The number of aliphatic hydroxyl groups is 1. The number of ketones is 1. The molecule has 1 N–H and O–H groups in total. The number of benzene rings is 2. The highest BCUT2D eigenvalue weighted by molar-refractivity contribution is 6.36. The summed E-state index contributed by atoms with van der Waals surface area (Å²) in [6, 6.07) is 10.5. The molecule has 0 heterocycles. The lowest BCUT2D eigenvalue weighted by Gasteiger charge is -2.11. The predicted molar refractivity (Wildman–Crippen MR) is 97.7 cm³/mol. The summed E-state index contributed by atoms with van der Waals surface area (Å²) < 4.78 is 14.8. The van der Waals surface area contributed by atoms with Gasteiger partial charge in [-0.1, -0.05) is 41.4 Å². The second-order valence-corrected chi connectivity index (χ2v) is 6.58. The molecule has 1 aliphatic rings. The average molecular weight is 355 g/mol. The van der Waals surface area contributed by atoms with Crippen molar-refractivity contribution in [1.29, 1.82) is 0 Å². The third kappa shape index (κ3) is 3.18. The van der Waals surface area contributed by atoms with E-state index in [1.165, 1.54) is 6.07 Å². The number of rotatable bonds is 3. The molecule has 0 aliphatic heterocycles. The van der Waals surface area contributed by atoms with E-state index in [0.29, 0.717) is 5.56 Å². The highest BCUT2D eigenvalue weighted by Gasteiger charge is 2.35. The Hall–Kier alpha value is -2.57. The molecular formula is C21H16ClFO2. The number of allylic oxidation sites excluding steroid dienone is 2. The van der Waals surface area contributed by atoms with Crippen LogP contribution in [0.25, 0.3) is 16.7 Å². The fraction of sp³-hybridized carbons (Fsp3) is 0.190. The molecule has 2 aromatic rings. The molecular weight excluding hydrogens is 339 g/mol. The van der Waals surface area contributed by atoms with Crippen molar-refractivity contribution in [2.75, 3.05) is 0 Å². The summed E-state index contributed by atoms with van der Waals surface area (Å²) >= 11 is 6.27. The minimum atomic E-state index is -0.640. The third-order valence-electron chi connectivity index (χ3n) is 4.39. The maximum absolute atomic E-state index is 14.8. The molecule has 0 saturated heterocycles. The van der Waals surface area contributed by atoms with Gasteiger partial charge in [-0.05, 0) is 30.2 Å². The zero-order valence-electron chi connectivity index (χ0n) is 13.6. The van der Waals surface area contributed by atoms with E-state index >= 15 is 0 Å². The van der Waals surface area contributed by atoms with Gasteiger partial charge in [0.1, 0.15) is 11.6 Å². The Kier molecular flexibility index (Phi) is 4.65. The molecule has 1 unspecified atom stereocenters. The summed E-state index contributed by atoms with van der Waals surface area (Å²) in [6.07, 6.45) is 5.55. The third-order valence-corrected chi connectivity index (χ3v) is 4.69. The van der Waals surface area contributed by atoms with Crippen molar-refractivity contribution in [3.05, 3.63) is 64.1 Å². The van der Waals surface area contributed by atoms with Crippen LogP contribution >= 0.6 is 11.6 Å². The van der Waals surface area contributed by atoms with E-state index in [-0.39, 0.29) is 40.5 Å². The summed E-state index contributed by atoms with van der Waals surface area (Å²) in [5, 5.41) is 10.4. The smallest absolute Gasteiger partial charge is 0.167 e. The first-order chi connectivity index (χ1) is 11.9. The van der Waals surface area contributed by atoms with Gasteiger partial charge in [0.2, 0.25) is 0 Å². The van der Waals surface area contributed by atoms with Gasteiger partial charge in [0.15, 0.2) is 5.78 Å². The first-order valence-electron chi connectivity index (χ1n) is 7.88. The zero-order valence-corrected chi connectivity index (χ0v) is 14.4. The summed E-state index contributed by atoms with van der Waals surface area (Å²) in [5.74, 6) is 0.792. The molecule has 0 aromatic heterocycles. The molecule has 0 radical (unpaired) electrons. The fourth-order valence-corrected chi connectivity index (χ4v) is 3.38. The predicted octanol–water partition coefficient (Wildman–Crippen LogP) is 5.34. The second kappa shape index (κ2) is 6.74. The maximum Gasteiger partial charge on any atom is 0.167 e. The number of hydrogen-bond donors (Lipinski definition) is 1. The molecule has 0 spiro atoms. The van der Waals surface area contributed by atoms with Gasteiger partial charge < -0.3 is 5.11 Å². The highest BCUT2D eigenvalue weighted by Crippen LogP contribution is 2.40. The van der Waals surface area contributed by atoms with Gasteiger partial charge in [0.25, 0.3) is 0 Å². The number of aliphatic hydroxyl groups excluding tert-OH is 1. The van der Waals surface area contributed by atoms with E-state index in [1.807, 2.05) is 31.2 Å². The minimum Gasteiger partial charge on any atom is -0.511 e. The monoisotopic (exact) mass is 354 g/mol. The number of Topliss-reactive ketones (excluding diaryl/α,β-unsaturated/α-hetero) is 1. The Balaban J connectivity index is 2.09. The Labute approximate surface area is 151 Å². The fourth-order valence-electron chi connectivity index (χ4n) is 3.07. The van der Waals surface area contributed by atoms with Crippen LogP contribution in [0.2, 0.25) is 5.02 Å². The molecule has 25 heavy (non-hydrogen) atoms. The first-order valence-corrected chi connectivity index (χ1v) is 8.26. The average Bonchev–Trinajstić information content (AvgIpc) is 2.83. The Morgan fingerprint density at radius 3 is 2.56 bits per heavy atom. The molecule has 0 amide bonds. The molecule has 1 atom stereocenters. The van der Waals surface area contributed by atoms with Crippen molar-refractivity contribution in [3.63, 3.8) is 0 Å². The minimum absolute atomic E-state index is 0.0560. The van der Waals surface area contributed by atoms with Crippen molar-refractivity contribution < 1.29 is 14.3 Å². The van der Waals surface area contributed by atoms with Crippen LogP contribution in [0, 0.1) is 31.0 Å². The summed E-state index contributed by atoms with van der Waals surface area (Å²) in [7, 11) is 0. The van der Waals surface area contributed by atoms with Gasteiger partial charge in [-0.15, -0.1) is 12.3 Å². The molecule has 2 nitrogen and oxygen atoms in total. The Morgan fingerprint density at radius 1 is 1.28 bits per heavy atom. The number of carbonyl (C=O) groups excluding carboxylic acids is 1. The van der Waals surface area contributed by atoms with Gasteiger partial charge >= 0.3 is 0 Å². The molecule has 2 aromatic carbocycles. The van der Waals surface area contributed by atoms with E-state index in [1.54, 1.807) is 6.07 Å². The maximum atomic E-state index is 14.8. The van der Waals surface area contributed by atoms with Crippen LogP contribution in [0.5, 0.6) is 0 Å². The Bertz CT molecular complexity index is 897. The van der Waals surface area contributed by atoms with Crippen molar-refractivity contribution >= 4 is 23.0 Å². The zero-order chi connectivity index (χ0) is 18.1. The number of carbonyl (C=O) groups is 1. The number of hydrogen-bond acceptors (Lipinski definition) is 2. The van der Waals surface area contributed by atoms with Gasteiger partial charge in [0, 0.05) is 24.3 Å². The summed E-state index contributed by atoms with van der Waals surface area (Å²) in [4.78, 5) is 12.3. The molecule has 0 fully saturated rings. The van der Waals surface area contributed by atoms with Crippen LogP contribution in [0.3, 0.4) is 0 Å². The standard InChI is InChI=1S/C21H16ClFO2/c1-3-4-14-11-18(24)20(21(14)25)19-16(22)9-15(10-17(19)23)13-7-5-12(2)6-8-13/h1,5-10,14,25H,4,11H2,2H3. The van der Waals surface area contributed by atoms with Crippen LogP contribution in [0.15, 0.2) is 42.2 Å². The van der Waals surface area contributed by atoms with Gasteiger partial charge in [-0.3, -0.25) is 4.79 Å². The molecule has 0 saturated carbocycles. The number of terminal acetylenes is 1. The van der Waals surface area contributed by atoms with E-state index in [0.717, 1.165) is 11.1 Å². The molecule has 126 valence electrons. The number of aryl methyl sites for hydroxylation is 1. The lowest BCUT2D eigenvalue weighted by atomic mass is 9.98. The van der Waals surface area contributed by atoms with Crippen LogP contribution in [-0.2, 0) is 4.79 Å². The largest absolute Gasteiger partial charge is 0.511 e. The van der Waals surface area contributed by atoms with Crippen molar-refractivity contribution in [3.8, 4) is 23.5 Å². The lowest BCUT2D eigenvalue weighted by molar-refractivity contribution is -0.113. The molecule has 3 rings (SSSR count). The van der Waals surface area contributed by atoms with E-state index in [4.69, 9.17) is 18.0 Å². The van der Waals surface area contributed by atoms with E-state index in [9.17, 15) is 14.3 Å². The van der Waals surface area contributed by atoms with Crippen molar-refractivity contribution in [2.45, 2.75) is 19.8 Å². The molecule has 0 bridgehead atoms. The van der Waals surface area contributed by atoms with Crippen LogP contribution < -0.4 is 0 Å². The topological polar surface area (TPSA) is 37.3 Å². The molecule has 1 aliphatic carbocycles. The SMILES string of the molecule is C#CCC1CC(=O)C(c2c(F)cc(-c3ccc(C)cc3)cc2Cl)=C1O. The summed E-state index contributed by atoms with van der Waals surface area (Å²) in [6.45, 7) is 1.97. The van der Waals surface area contributed by atoms with Gasteiger partial charge in [-0.2, -0.15) is 0 Å². The van der Waals surface area contributed by atoms with Crippen molar-refractivity contribution in [1.82, 2.24) is 0 Å². The van der Waals surface area contributed by atoms with Gasteiger partial charge in [-0.25, -0.2) is 4.39 Å². The lowest BCUT2D eigenvalue weighted by Crippen LogP contribution is -2.01. The van der Waals surface area contributed by atoms with Gasteiger partial charge in [0.05, 0.1) is 10.6 Å². The highest BCUT2D eigenvalue weighted by atomic mass is 35.5. The normalized spacial score (nSPS) is 17.0. The van der Waals surface area contributed by atoms with Crippen molar-refractivity contribution in [2.24, 2.45) is 5.92 Å². The van der Waals surface area contributed by atoms with E-state index in [2.05, 4.69) is 5.92 Å². The van der Waals surface area contributed by atoms with Crippen LogP contribution in [0.1, 0.15) is 24.0 Å².